The first-order chi connectivity index (χ1) is 13.4. The van der Waals surface area contributed by atoms with Crippen molar-refractivity contribution in [3.63, 3.8) is 0 Å². The monoisotopic (exact) mass is 375 g/mol. The minimum absolute atomic E-state index is 0.0534. The van der Waals surface area contributed by atoms with E-state index in [0.717, 1.165) is 38.3 Å². The van der Waals surface area contributed by atoms with Gasteiger partial charge in [-0.1, -0.05) is 60.4 Å². The Balaban J connectivity index is 1.74. The summed E-state index contributed by atoms with van der Waals surface area (Å²) in [5.74, 6) is 7.28. The van der Waals surface area contributed by atoms with Gasteiger partial charge in [-0.15, -0.1) is 0 Å². The lowest BCUT2D eigenvalue weighted by molar-refractivity contribution is 0.309. The van der Waals surface area contributed by atoms with Crippen LogP contribution in [-0.4, -0.2) is 25.1 Å². The summed E-state index contributed by atoms with van der Waals surface area (Å²) in [5.41, 5.74) is 2.68. The molecule has 0 N–H and O–H groups in total. The second kappa shape index (κ2) is 11.4. The number of ether oxygens (including phenoxy) is 1. The van der Waals surface area contributed by atoms with Crippen LogP contribution in [0.1, 0.15) is 38.3 Å². The van der Waals surface area contributed by atoms with E-state index in [9.17, 15) is 0 Å². The predicted octanol–water partition coefficient (Wildman–Crippen LogP) is 5.74. The topological polar surface area (TPSA) is 12.5 Å². The fourth-order valence-corrected chi connectivity index (χ4v) is 2.77. The van der Waals surface area contributed by atoms with E-state index in [0.29, 0.717) is 0 Å². The van der Waals surface area contributed by atoms with Gasteiger partial charge in [0.15, 0.2) is 0 Å². The molecule has 2 aromatic rings. The van der Waals surface area contributed by atoms with Crippen LogP contribution >= 0.6 is 0 Å². The van der Waals surface area contributed by atoms with Gasteiger partial charge in [-0.2, -0.15) is 0 Å². The lowest BCUT2D eigenvalue weighted by atomic mass is 9.98. The number of allylic oxidation sites excluding steroid dienone is 1. The smallest absolute Gasteiger partial charge is 0.119 e. The third-order valence-corrected chi connectivity index (χ3v) is 4.14. The molecule has 0 atom stereocenters. The minimum atomic E-state index is 0.0534. The molecule has 0 unspecified atom stereocenters. The molecule has 0 amide bonds. The molecule has 0 aliphatic rings. The van der Waals surface area contributed by atoms with Gasteiger partial charge in [0, 0.05) is 18.5 Å². The molecule has 28 heavy (non-hydrogen) atoms. The summed E-state index contributed by atoms with van der Waals surface area (Å²) in [5, 5.41) is 0. The zero-order valence-electron chi connectivity index (χ0n) is 17.7. The van der Waals surface area contributed by atoms with E-state index in [4.69, 9.17) is 4.74 Å². The molecule has 0 bridgehead atoms. The highest BCUT2D eigenvalue weighted by Gasteiger charge is 2.03. The lowest BCUT2D eigenvalue weighted by Gasteiger charge is -2.15. The first kappa shape index (κ1) is 21.8. The molecule has 0 radical (unpaired) electrons. The van der Waals surface area contributed by atoms with Crippen molar-refractivity contribution in [2.24, 2.45) is 5.41 Å². The Labute approximate surface area is 171 Å². The van der Waals surface area contributed by atoms with Crippen LogP contribution in [0.15, 0.2) is 66.7 Å². The summed E-state index contributed by atoms with van der Waals surface area (Å²) in [4.78, 5) is 2.27. The van der Waals surface area contributed by atoms with Crippen molar-refractivity contribution in [1.29, 1.82) is 0 Å². The summed E-state index contributed by atoms with van der Waals surface area (Å²) in [6.07, 6.45) is 6.14. The van der Waals surface area contributed by atoms with Crippen LogP contribution in [0.2, 0.25) is 0 Å². The van der Waals surface area contributed by atoms with Gasteiger partial charge in [-0.3, -0.25) is 4.90 Å². The van der Waals surface area contributed by atoms with Crippen molar-refractivity contribution < 1.29 is 4.74 Å². The summed E-state index contributed by atoms with van der Waals surface area (Å²) >= 11 is 0. The lowest BCUT2D eigenvalue weighted by Crippen LogP contribution is -2.17. The number of rotatable bonds is 9. The SMILES string of the molecule is CN(CC=CC#CC(C)(C)C)Cc1cccc(OCCCc2ccccc2)c1. The summed E-state index contributed by atoms with van der Waals surface area (Å²) < 4.78 is 5.94. The van der Waals surface area contributed by atoms with E-state index in [1.165, 1.54) is 11.1 Å². The average Bonchev–Trinajstić information content (AvgIpc) is 2.65. The highest BCUT2D eigenvalue weighted by Crippen LogP contribution is 2.15. The molecule has 2 rings (SSSR count). The Hall–Kier alpha value is -2.50. The molecular weight excluding hydrogens is 342 g/mol. The quantitative estimate of drug-likeness (QED) is 0.409. The minimum Gasteiger partial charge on any atom is -0.494 e. The fraction of sp³-hybridized carbons (Fsp3) is 0.385. The van der Waals surface area contributed by atoms with E-state index < -0.39 is 0 Å². The van der Waals surface area contributed by atoms with Gasteiger partial charge in [0.2, 0.25) is 0 Å². The number of hydrogen-bond donors (Lipinski definition) is 0. The number of nitrogens with zero attached hydrogens (tertiary/aromatic N) is 1. The van der Waals surface area contributed by atoms with Crippen LogP contribution in [0.3, 0.4) is 0 Å². The first-order valence-electron chi connectivity index (χ1n) is 10.0. The molecular formula is C26H33NO. The van der Waals surface area contributed by atoms with Gasteiger partial charge in [-0.25, -0.2) is 0 Å². The third kappa shape index (κ3) is 9.44. The van der Waals surface area contributed by atoms with Crippen LogP contribution in [-0.2, 0) is 13.0 Å². The standard InChI is InChI=1S/C26H33NO/c1-26(2,3)18-9-6-10-19-27(4)22-24-15-11-17-25(21-24)28-20-12-16-23-13-7-5-8-14-23/h5-8,10-11,13-15,17,21H,12,16,19-20,22H2,1-4H3. The molecule has 0 aliphatic heterocycles. The van der Waals surface area contributed by atoms with E-state index in [2.05, 4.69) is 99.2 Å². The Kier molecular flexibility index (Phi) is 8.85. The maximum absolute atomic E-state index is 5.94. The average molecular weight is 376 g/mol. The highest BCUT2D eigenvalue weighted by molar-refractivity contribution is 5.28. The summed E-state index contributed by atoms with van der Waals surface area (Å²) in [7, 11) is 2.12. The third-order valence-electron chi connectivity index (χ3n) is 4.14. The fourth-order valence-electron chi connectivity index (χ4n) is 2.77. The van der Waals surface area contributed by atoms with E-state index in [-0.39, 0.29) is 5.41 Å². The number of likely N-dealkylation sites (N-methyl/N-ethyl adjacent to an activating group) is 1. The van der Waals surface area contributed by atoms with Gasteiger partial charge in [-0.05, 0) is 70.0 Å². The van der Waals surface area contributed by atoms with Crippen molar-refractivity contribution in [3.05, 3.63) is 77.9 Å². The van der Waals surface area contributed by atoms with Gasteiger partial charge in [0.25, 0.3) is 0 Å². The Morgan fingerprint density at radius 2 is 1.75 bits per heavy atom. The van der Waals surface area contributed by atoms with Crippen molar-refractivity contribution in [1.82, 2.24) is 4.90 Å². The maximum atomic E-state index is 5.94. The number of hydrogen-bond acceptors (Lipinski definition) is 2. The van der Waals surface area contributed by atoms with Gasteiger partial charge >= 0.3 is 0 Å². The first-order valence-corrected chi connectivity index (χ1v) is 10.0. The normalized spacial score (nSPS) is 11.5. The zero-order chi connectivity index (χ0) is 20.2. The molecule has 2 aromatic carbocycles. The molecule has 148 valence electrons. The van der Waals surface area contributed by atoms with E-state index in [1.807, 2.05) is 12.1 Å². The Morgan fingerprint density at radius 1 is 1.00 bits per heavy atom. The molecule has 0 fully saturated rings. The highest BCUT2D eigenvalue weighted by atomic mass is 16.5. The zero-order valence-corrected chi connectivity index (χ0v) is 17.7. The Morgan fingerprint density at radius 3 is 2.50 bits per heavy atom. The number of aryl methyl sites for hydroxylation is 1. The molecule has 0 saturated carbocycles. The summed E-state index contributed by atoms with van der Waals surface area (Å²) in [6, 6.07) is 19.0. The van der Waals surface area contributed by atoms with Crippen molar-refractivity contribution >= 4 is 0 Å². The molecule has 0 spiro atoms. The van der Waals surface area contributed by atoms with Crippen LogP contribution in [0.4, 0.5) is 0 Å². The predicted molar refractivity (Wildman–Crippen MR) is 119 cm³/mol. The number of benzene rings is 2. The molecule has 0 aromatic heterocycles. The van der Waals surface area contributed by atoms with E-state index >= 15 is 0 Å². The van der Waals surface area contributed by atoms with Crippen LogP contribution in [0.25, 0.3) is 0 Å². The van der Waals surface area contributed by atoms with Crippen molar-refractivity contribution in [2.75, 3.05) is 20.2 Å². The second-order valence-electron chi connectivity index (χ2n) is 8.20. The van der Waals surface area contributed by atoms with Gasteiger partial charge in [0.1, 0.15) is 5.75 Å². The van der Waals surface area contributed by atoms with Crippen LogP contribution < -0.4 is 4.74 Å². The summed E-state index contributed by atoms with van der Waals surface area (Å²) in [6.45, 7) is 8.87. The van der Waals surface area contributed by atoms with Crippen molar-refractivity contribution in [3.8, 4) is 17.6 Å². The van der Waals surface area contributed by atoms with E-state index in [1.54, 1.807) is 0 Å². The van der Waals surface area contributed by atoms with Crippen LogP contribution in [0.5, 0.6) is 5.75 Å². The molecule has 0 saturated heterocycles. The molecule has 2 heteroatoms. The van der Waals surface area contributed by atoms with Gasteiger partial charge < -0.3 is 4.74 Å². The molecule has 0 heterocycles. The maximum Gasteiger partial charge on any atom is 0.119 e. The van der Waals surface area contributed by atoms with Gasteiger partial charge in [0.05, 0.1) is 6.61 Å². The van der Waals surface area contributed by atoms with Crippen LogP contribution in [0, 0.1) is 17.3 Å². The molecule has 2 nitrogen and oxygen atoms in total. The largest absolute Gasteiger partial charge is 0.494 e. The van der Waals surface area contributed by atoms with Crippen molar-refractivity contribution in [2.45, 2.75) is 40.2 Å². The molecule has 0 aliphatic carbocycles. The Bertz CT molecular complexity index is 790. The second-order valence-corrected chi connectivity index (χ2v) is 8.20.